The van der Waals surface area contributed by atoms with Crippen molar-refractivity contribution in [3.8, 4) is 0 Å². The predicted octanol–water partition coefficient (Wildman–Crippen LogP) is 5.05. The van der Waals surface area contributed by atoms with Crippen LogP contribution in [-0.2, 0) is 26.3 Å². The lowest BCUT2D eigenvalue weighted by Gasteiger charge is -2.48. The van der Waals surface area contributed by atoms with Gasteiger partial charge in [-0.25, -0.2) is 0 Å². The smallest absolute Gasteiger partial charge is 0.325 e. The number of carbonyl (C=O) groups is 2. The molecule has 1 N–H and O–H groups in total. The molecule has 0 radical (unpaired) electrons. The molecule has 0 fully saturated rings. The zero-order chi connectivity index (χ0) is 26.5. The van der Waals surface area contributed by atoms with Crippen molar-refractivity contribution in [2.24, 2.45) is 0 Å². The Morgan fingerprint density at radius 3 is 2.43 bits per heavy atom. The first-order chi connectivity index (χ1) is 17.7. The number of fused-ring (bicyclic) bond motifs is 2. The van der Waals surface area contributed by atoms with Crippen LogP contribution in [0.15, 0.2) is 77.6 Å². The fourth-order valence-corrected chi connectivity index (χ4v) is 6.02. The van der Waals surface area contributed by atoms with Crippen molar-refractivity contribution in [2.75, 3.05) is 18.1 Å². The summed E-state index contributed by atoms with van der Waals surface area (Å²) < 4.78 is 7.40. The number of para-hydroxylation sites is 2. The van der Waals surface area contributed by atoms with E-state index in [9.17, 15) is 14.7 Å². The summed E-state index contributed by atoms with van der Waals surface area (Å²) in [5.74, 6) is -0.590. The molecule has 1 unspecified atom stereocenters. The number of aliphatic hydroxyl groups excluding tert-OH is 1. The molecule has 0 bridgehead atoms. The van der Waals surface area contributed by atoms with E-state index >= 15 is 0 Å². The molecule has 0 amide bonds. The van der Waals surface area contributed by atoms with Crippen LogP contribution in [0.1, 0.15) is 45.9 Å². The van der Waals surface area contributed by atoms with Crippen LogP contribution in [0.5, 0.6) is 0 Å². The number of aliphatic hydroxyl groups is 1. The number of ether oxygens (including phenoxy) is 1. The van der Waals surface area contributed by atoms with Gasteiger partial charge in [0.15, 0.2) is 5.78 Å². The predicted molar refractivity (Wildman–Crippen MR) is 144 cm³/mol. The highest BCUT2D eigenvalue weighted by Crippen LogP contribution is 2.57. The molecule has 2 aliphatic rings. The molecule has 0 saturated heterocycles. The van der Waals surface area contributed by atoms with Crippen molar-refractivity contribution in [3.63, 3.8) is 0 Å². The van der Waals surface area contributed by atoms with Crippen molar-refractivity contribution >= 4 is 34.4 Å². The molecule has 1 aliphatic carbocycles. The maximum atomic E-state index is 13.8. The number of anilines is 1. The number of aromatic nitrogens is 1. The number of hydrogen-bond donors (Lipinski definition) is 1. The van der Waals surface area contributed by atoms with Gasteiger partial charge < -0.3 is 14.7 Å². The topological polar surface area (TPSA) is 70.7 Å². The number of esters is 1. The van der Waals surface area contributed by atoms with Gasteiger partial charge in [0.25, 0.3) is 0 Å². The first kappa shape index (κ1) is 24.8. The van der Waals surface area contributed by atoms with Crippen molar-refractivity contribution in [1.29, 1.82) is 0 Å². The molecule has 1 aliphatic heterocycles. The highest BCUT2D eigenvalue weighted by Gasteiger charge is 2.61. The molecule has 37 heavy (non-hydrogen) atoms. The van der Waals surface area contributed by atoms with Gasteiger partial charge in [0.2, 0.25) is 11.2 Å². The van der Waals surface area contributed by atoms with Crippen LogP contribution in [0.4, 0.5) is 5.69 Å². The Labute approximate surface area is 217 Å². The van der Waals surface area contributed by atoms with E-state index in [-0.39, 0.29) is 36.2 Å². The monoisotopic (exact) mass is 497 g/mol. The number of aryl methyl sites for hydroxylation is 1. The molecule has 2 heterocycles. The third kappa shape index (κ3) is 3.50. The third-order valence-electron chi connectivity index (χ3n) is 8.25. The van der Waals surface area contributed by atoms with E-state index in [1.807, 2.05) is 60.4 Å². The van der Waals surface area contributed by atoms with Gasteiger partial charge in [-0.05, 0) is 44.5 Å². The lowest BCUT2D eigenvalue weighted by Crippen LogP contribution is -2.60. The molecule has 0 saturated carbocycles. The molecular weight excluding hydrogens is 464 g/mol. The zero-order valence-corrected chi connectivity index (χ0v) is 22.0. The summed E-state index contributed by atoms with van der Waals surface area (Å²) in [4.78, 5) is 28.4. The lowest BCUT2D eigenvalue weighted by atomic mass is 9.62. The number of nitrogens with zero attached hydrogens (tertiary/aromatic N) is 2. The highest BCUT2D eigenvalue weighted by atomic mass is 16.5. The number of ketones is 1. The Morgan fingerprint density at radius 2 is 1.73 bits per heavy atom. The third-order valence-corrected chi connectivity index (χ3v) is 8.25. The molecule has 6 heteroatoms. The molecule has 2 aromatic carbocycles. The van der Waals surface area contributed by atoms with Crippen molar-refractivity contribution in [2.45, 2.75) is 52.1 Å². The van der Waals surface area contributed by atoms with Gasteiger partial charge in [-0.2, -0.15) is 4.57 Å². The Hall–Kier alpha value is -3.93. The number of pyridine rings is 1. The molecule has 1 aromatic heterocycles. The normalized spacial score (nSPS) is 21.4. The van der Waals surface area contributed by atoms with E-state index in [1.54, 1.807) is 13.0 Å². The molecule has 5 rings (SSSR count). The first-order valence-corrected chi connectivity index (χ1v) is 12.8. The lowest BCUT2D eigenvalue weighted by molar-refractivity contribution is -0.669. The standard InChI is InChI=1S/C31H32N2O4/c1-6-32-21(17-16-20-12-8-10-14-24(20)32)18-22-28(35)27(29(22)36)31(5)30(3,4)23-13-9-11-15-25(23)33(31)19-26(34)37-7-2/h8-18H,6-7,19H2,1-5H3/p+1. The van der Waals surface area contributed by atoms with Crippen LogP contribution in [0.2, 0.25) is 0 Å². The van der Waals surface area contributed by atoms with Crippen molar-refractivity contribution < 1.29 is 24.0 Å². The van der Waals surface area contributed by atoms with Crippen molar-refractivity contribution in [3.05, 3.63) is 88.8 Å². The Kier molecular flexibility index (Phi) is 5.94. The number of carbonyl (C=O) groups excluding carboxylic acids is 2. The van der Waals surface area contributed by atoms with Gasteiger partial charge in [0.1, 0.15) is 18.8 Å². The minimum Gasteiger partial charge on any atom is -0.507 e. The van der Waals surface area contributed by atoms with Crippen molar-refractivity contribution in [1.82, 2.24) is 0 Å². The second-order valence-electron chi connectivity index (χ2n) is 10.3. The zero-order valence-electron chi connectivity index (χ0n) is 22.0. The number of hydrogen-bond acceptors (Lipinski definition) is 5. The molecule has 3 aromatic rings. The Balaban J connectivity index is 1.63. The summed E-state index contributed by atoms with van der Waals surface area (Å²) in [6.07, 6.45) is 1.77. The van der Waals surface area contributed by atoms with E-state index in [2.05, 4.69) is 37.5 Å². The van der Waals surface area contributed by atoms with Crippen LogP contribution in [0.3, 0.4) is 0 Å². The second-order valence-corrected chi connectivity index (χ2v) is 10.3. The van der Waals surface area contributed by atoms with Crippen LogP contribution < -0.4 is 9.47 Å². The van der Waals surface area contributed by atoms with Crippen LogP contribution in [-0.4, -0.2) is 35.5 Å². The Bertz CT molecular complexity index is 1500. The quantitative estimate of drug-likeness (QED) is 0.293. The van der Waals surface area contributed by atoms with E-state index in [1.165, 1.54) is 0 Å². The van der Waals surface area contributed by atoms with E-state index < -0.39 is 11.0 Å². The number of rotatable bonds is 6. The summed E-state index contributed by atoms with van der Waals surface area (Å²) in [6.45, 7) is 10.9. The van der Waals surface area contributed by atoms with Gasteiger partial charge in [-0.15, -0.1) is 0 Å². The molecular formula is C31H33N2O4+. The minimum atomic E-state index is -0.952. The Morgan fingerprint density at radius 1 is 1.03 bits per heavy atom. The number of Topliss-reactive ketones (excluding diaryl/α,β-unsaturated/α-hetero) is 1. The minimum absolute atomic E-state index is 0.0157. The molecule has 190 valence electrons. The highest BCUT2D eigenvalue weighted by molar-refractivity contribution is 6.23. The summed E-state index contributed by atoms with van der Waals surface area (Å²) in [5, 5.41) is 12.5. The van der Waals surface area contributed by atoms with E-state index in [0.29, 0.717) is 5.57 Å². The fourth-order valence-electron chi connectivity index (χ4n) is 6.02. The van der Waals surface area contributed by atoms with Gasteiger partial charge in [0.05, 0.1) is 23.3 Å². The van der Waals surface area contributed by atoms with E-state index in [4.69, 9.17) is 4.74 Å². The largest absolute Gasteiger partial charge is 0.507 e. The molecule has 1 atom stereocenters. The van der Waals surface area contributed by atoms with Gasteiger partial charge in [-0.3, -0.25) is 9.59 Å². The van der Waals surface area contributed by atoms with Gasteiger partial charge >= 0.3 is 5.97 Å². The average Bonchev–Trinajstić information content (AvgIpc) is 3.05. The maximum Gasteiger partial charge on any atom is 0.325 e. The molecule has 0 spiro atoms. The SMILES string of the molecule is CCOC(=O)CN1c2ccccc2C(C)(C)C1(C)C1=C(O)/C(=C/c2ccc3ccccc3[n+]2CC)C1=O. The van der Waals surface area contributed by atoms with E-state index in [0.717, 1.165) is 34.4 Å². The van der Waals surface area contributed by atoms with Gasteiger partial charge in [-0.1, -0.05) is 44.2 Å². The maximum absolute atomic E-state index is 13.8. The number of benzene rings is 2. The summed E-state index contributed by atoms with van der Waals surface area (Å²) in [5.41, 5.74) is 2.90. The van der Waals surface area contributed by atoms with Crippen LogP contribution in [0, 0.1) is 0 Å². The summed E-state index contributed by atoms with van der Waals surface area (Å²) >= 11 is 0. The summed E-state index contributed by atoms with van der Waals surface area (Å²) in [7, 11) is 0. The average molecular weight is 498 g/mol. The van der Waals surface area contributed by atoms with Crippen LogP contribution in [0.25, 0.3) is 17.0 Å². The van der Waals surface area contributed by atoms with Crippen LogP contribution >= 0.6 is 0 Å². The van der Waals surface area contributed by atoms with Gasteiger partial charge in [0, 0.05) is 34.7 Å². The second kappa shape index (κ2) is 8.87. The first-order valence-electron chi connectivity index (χ1n) is 12.8. The fraction of sp³-hybridized carbons (Fsp3) is 0.323. The number of allylic oxidation sites excluding steroid dienone is 1. The molecule has 6 nitrogen and oxygen atoms in total. The summed E-state index contributed by atoms with van der Waals surface area (Å²) in [6, 6.07) is 20.0.